The molecule has 0 aromatic heterocycles. The molecule has 0 bridgehead atoms. The Morgan fingerprint density at radius 2 is 1.92 bits per heavy atom. The number of fused-ring (bicyclic) bond motifs is 1. The summed E-state index contributed by atoms with van der Waals surface area (Å²) in [5, 5.41) is 2.96. The van der Waals surface area contributed by atoms with Crippen molar-refractivity contribution in [3.8, 4) is 5.75 Å². The minimum atomic E-state index is -0.0588. The normalized spacial score (nSPS) is 16.0. The van der Waals surface area contributed by atoms with Gasteiger partial charge in [-0.1, -0.05) is 24.3 Å². The monoisotopic (exact) mass is 324 g/mol. The van der Waals surface area contributed by atoms with Crippen molar-refractivity contribution in [1.29, 1.82) is 0 Å². The fraction of sp³-hybridized carbons (Fsp3) is 0.350. The van der Waals surface area contributed by atoms with Crippen LogP contribution in [0.25, 0.3) is 0 Å². The number of nitrogens with one attached hydrogen (secondary N) is 1. The topological polar surface area (TPSA) is 41.6 Å². The molecule has 0 aliphatic carbocycles. The number of urea groups is 1. The van der Waals surface area contributed by atoms with Gasteiger partial charge < -0.3 is 10.1 Å². The van der Waals surface area contributed by atoms with Gasteiger partial charge in [0.05, 0.1) is 6.54 Å². The van der Waals surface area contributed by atoms with Crippen molar-refractivity contribution in [3.63, 3.8) is 0 Å². The molecule has 2 amide bonds. The Balaban J connectivity index is 1.53. The van der Waals surface area contributed by atoms with E-state index in [0.717, 1.165) is 17.9 Å². The van der Waals surface area contributed by atoms with E-state index in [0.29, 0.717) is 13.2 Å². The number of aryl methyl sites for hydroxylation is 2. The lowest BCUT2D eigenvalue weighted by Gasteiger charge is -2.23. The summed E-state index contributed by atoms with van der Waals surface area (Å²) in [5.41, 5.74) is 4.59. The lowest BCUT2D eigenvalue weighted by atomic mass is 10.1. The van der Waals surface area contributed by atoms with Gasteiger partial charge in [0.15, 0.2) is 0 Å². The van der Waals surface area contributed by atoms with Crippen molar-refractivity contribution >= 4 is 11.7 Å². The summed E-state index contributed by atoms with van der Waals surface area (Å²) in [4.78, 5) is 14.3. The van der Waals surface area contributed by atoms with Crippen LogP contribution in [0, 0.1) is 13.8 Å². The van der Waals surface area contributed by atoms with Gasteiger partial charge in [0.2, 0.25) is 0 Å². The Morgan fingerprint density at radius 1 is 1.21 bits per heavy atom. The number of benzene rings is 2. The van der Waals surface area contributed by atoms with Crippen molar-refractivity contribution in [2.24, 2.45) is 0 Å². The molecule has 1 aliphatic rings. The lowest BCUT2D eigenvalue weighted by Crippen LogP contribution is -2.44. The van der Waals surface area contributed by atoms with Gasteiger partial charge in [0.1, 0.15) is 12.4 Å². The van der Waals surface area contributed by atoms with E-state index < -0.39 is 0 Å². The van der Waals surface area contributed by atoms with Gasteiger partial charge in [-0.2, -0.15) is 0 Å². The SMILES string of the molecule is Cc1cc(C)cc(OCCNC(=O)N2c3ccccc3CC2C)c1. The highest BCUT2D eigenvalue weighted by Crippen LogP contribution is 2.31. The van der Waals surface area contributed by atoms with Crippen LogP contribution in [-0.4, -0.2) is 25.2 Å². The molecule has 0 saturated heterocycles. The highest BCUT2D eigenvalue weighted by molar-refractivity contribution is 5.94. The summed E-state index contributed by atoms with van der Waals surface area (Å²) in [6.07, 6.45) is 0.905. The van der Waals surface area contributed by atoms with Gasteiger partial charge in [-0.25, -0.2) is 4.79 Å². The van der Waals surface area contributed by atoms with Crippen molar-refractivity contribution in [3.05, 3.63) is 59.2 Å². The summed E-state index contributed by atoms with van der Waals surface area (Å²) in [7, 11) is 0. The van der Waals surface area contributed by atoms with Crippen LogP contribution in [0.4, 0.5) is 10.5 Å². The molecule has 4 heteroatoms. The number of amides is 2. The van der Waals surface area contributed by atoms with Crippen LogP contribution in [-0.2, 0) is 6.42 Å². The van der Waals surface area contributed by atoms with E-state index >= 15 is 0 Å². The van der Waals surface area contributed by atoms with E-state index in [-0.39, 0.29) is 12.1 Å². The van der Waals surface area contributed by atoms with Gasteiger partial charge in [-0.3, -0.25) is 4.90 Å². The smallest absolute Gasteiger partial charge is 0.322 e. The third-order valence-electron chi connectivity index (χ3n) is 4.27. The van der Waals surface area contributed by atoms with Crippen molar-refractivity contribution in [1.82, 2.24) is 5.32 Å². The van der Waals surface area contributed by atoms with E-state index in [2.05, 4.69) is 24.4 Å². The van der Waals surface area contributed by atoms with Crippen LogP contribution in [0.1, 0.15) is 23.6 Å². The van der Waals surface area contributed by atoms with E-state index in [9.17, 15) is 4.79 Å². The number of carbonyl (C=O) groups is 1. The molecule has 3 rings (SSSR count). The molecule has 0 radical (unpaired) electrons. The Hall–Kier alpha value is -2.49. The second kappa shape index (κ2) is 6.95. The van der Waals surface area contributed by atoms with Gasteiger partial charge >= 0.3 is 6.03 Å². The van der Waals surface area contributed by atoms with Crippen LogP contribution >= 0.6 is 0 Å². The molecular formula is C20H24N2O2. The minimum absolute atomic E-state index is 0.0588. The summed E-state index contributed by atoms with van der Waals surface area (Å²) in [6, 6.07) is 14.3. The summed E-state index contributed by atoms with van der Waals surface area (Å²) >= 11 is 0. The molecule has 126 valence electrons. The molecule has 0 saturated carbocycles. The number of para-hydroxylation sites is 1. The first kappa shape index (κ1) is 16.4. The quantitative estimate of drug-likeness (QED) is 0.868. The van der Waals surface area contributed by atoms with Crippen molar-refractivity contribution in [2.45, 2.75) is 33.2 Å². The van der Waals surface area contributed by atoms with E-state index in [1.165, 1.54) is 16.7 Å². The molecule has 1 unspecified atom stereocenters. The maximum Gasteiger partial charge on any atom is 0.322 e. The Morgan fingerprint density at radius 3 is 2.67 bits per heavy atom. The first-order valence-corrected chi connectivity index (χ1v) is 8.40. The number of anilines is 1. The van der Waals surface area contributed by atoms with E-state index in [1.54, 1.807) is 0 Å². The molecule has 1 N–H and O–H groups in total. The lowest BCUT2D eigenvalue weighted by molar-refractivity contribution is 0.240. The van der Waals surface area contributed by atoms with Crippen LogP contribution in [0.5, 0.6) is 5.75 Å². The van der Waals surface area contributed by atoms with Gasteiger partial charge in [-0.15, -0.1) is 0 Å². The zero-order valence-electron chi connectivity index (χ0n) is 14.5. The second-order valence-corrected chi connectivity index (χ2v) is 6.46. The van der Waals surface area contributed by atoms with Crippen LogP contribution in [0.3, 0.4) is 0 Å². The Kier molecular flexibility index (Phi) is 4.74. The molecule has 0 spiro atoms. The predicted octanol–water partition coefficient (Wildman–Crippen LogP) is 3.84. The molecule has 1 aliphatic heterocycles. The Bertz CT molecular complexity index is 722. The maximum atomic E-state index is 12.5. The minimum Gasteiger partial charge on any atom is -0.492 e. The molecule has 2 aromatic rings. The summed E-state index contributed by atoms with van der Waals surface area (Å²) < 4.78 is 5.74. The fourth-order valence-electron chi connectivity index (χ4n) is 3.30. The largest absolute Gasteiger partial charge is 0.492 e. The number of carbonyl (C=O) groups excluding carboxylic acids is 1. The molecule has 4 nitrogen and oxygen atoms in total. The van der Waals surface area contributed by atoms with Crippen molar-refractivity contribution in [2.75, 3.05) is 18.1 Å². The fourth-order valence-corrected chi connectivity index (χ4v) is 3.30. The number of rotatable bonds is 4. The first-order chi connectivity index (χ1) is 11.5. The average molecular weight is 324 g/mol. The van der Waals surface area contributed by atoms with E-state index in [4.69, 9.17) is 4.74 Å². The zero-order valence-corrected chi connectivity index (χ0v) is 14.5. The van der Waals surface area contributed by atoms with Gasteiger partial charge in [0, 0.05) is 11.7 Å². The predicted molar refractivity (Wildman–Crippen MR) is 96.9 cm³/mol. The number of nitrogens with zero attached hydrogens (tertiary/aromatic N) is 1. The third-order valence-corrected chi connectivity index (χ3v) is 4.27. The standard InChI is InChI=1S/C20H24N2O2/c1-14-10-15(2)12-18(11-14)24-9-8-21-20(23)22-16(3)13-17-6-4-5-7-19(17)22/h4-7,10-12,16H,8-9,13H2,1-3H3,(H,21,23). The molecular weight excluding hydrogens is 300 g/mol. The van der Waals surface area contributed by atoms with Crippen LogP contribution in [0.15, 0.2) is 42.5 Å². The highest BCUT2D eigenvalue weighted by atomic mass is 16.5. The second-order valence-electron chi connectivity index (χ2n) is 6.46. The molecule has 2 aromatic carbocycles. The molecule has 24 heavy (non-hydrogen) atoms. The van der Waals surface area contributed by atoms with Crippen LogP contribution < -0.4 is 15.0 Å². The number of hydrogen-bond donors (Lipinski definition) is 1. The van der Waals surface area contributed by atoms with Crippen molar-refractivity contribution < 1.29 is 9.53 Å². The third kappa shape index (κ3) is 3.53. The Labute approximate surface area is 143 Å². The zero-order chi connectivity index (χ0) is 17.1. The maximum absolute atomic E-state index is 12.5. The first-order valence-electron chi connectivity index (χ1n) is 8.40. The number of hydrogen-bond acceptors (Lipinski definition) is 2. The number of ether oxygens (including phenoxy) is 1. The van der Waals surface area contributed by atoms with E-state index in [1.807, 2.05) is 49.1 Å². The highest BCUT2D eigenvalue weighted by Gasteiger charge is 2.30. The average Bonchev–Trinajstić information content (AvgIpc) is 2.86. The van der Waals surface area contributed by atoms with Gasteiger partial charge in [0.25, 0.3) is 0 Å². The summed E-state index contributed by atoms with van der Waals surface area (Å²) in [5.74, 6) is 0.849. The van der Waals surface area contributed by atoms with Crippen LogP contribution in [0.2, 0.25) is 0 Å². The summed E-state index contributed by atoms with van der Waals surface area (Å²) in [6.45, 7) is 7.11. The molecule has 0 fully saturated rings. The molecule has 1 heterocycles. The molecule has 1 atom stereocenters. The van der Waals surface area contributed by atoms with Gasteiger partial charge in [-0.05, 0) is 62.1 Å².